The first kappa shape index (κ1) is 13.7. The SMILES string of the molecule is CCCCCCC1CCNC1.CI. The van der Waals surface area contributed by atoms with Crippen LogP contribution in [-0.2, 0) is 0 Å². The molecule has 0 aliphatic carbocycles. The van der Waals surface area contributed by atoms with Crippen molar-refractivity contribution in [1.29, 1.82) is 0 Å². The number of hydrogen-bond acceptors (Lipinski definition) is 1. The van der Waals surface area contributed by atoms with Crippen molar-refractivity contribution >= 4 is 22.6 Å². The van der Waals surface area contributed by atoms with Crippen molar-refractivity contribution in [3.05, 3.63) is 0 Å². The molecule has 1 aliphatic heterocycles. The molecule has 80 valence electrons. The predicted molar refractivity (Wildman–Crippen MR) is 69.7 cm³/mol. The van der Waals surface area contributed by atoms with Gasteiger partial charge in [-0.1, -0.05) is 55.2 Å². The largest absolute Gasteiger partial charge is 0.316 e. The average Bonchev–Trinajstić information content (AvgIpc) is 2.68. The maximum atomic E-state index is 3.41. The van der Waals surface area contributed by atoms with Gasteiger partial charge < -0.3 is 5.32 Å². The minimum Gasteiger partial charge on any atom is -0.316 e. The molecule has 0 aromatic heterocycles. The fraction of sp³-hybridized carbons (Fsp3) is 1.00. The molecule has 1 aliphatic rings. The molecule has 1 heterocycles. The highest BCUT2D eigenvalue weighted by molar-refractivity contribution is 14.1. The van der Waals surface area contributed by atoms with Crippen molar-refractivity contribution in [1.82, 2.24) is 5.32 Å². The van der Waals surface area contributed by atoms with Gasteiger partial charge in [0.2, 0.25) is 0 Å². The number of hydrogen-bond donors (Lipinski definition) is 1. The van der Waals surface area contributed by atoms with Gasteiger partial charge in [0.05, 0.1) is 0 Å². The van der Waals surface area contributed by atoms with Crippen LogP contribution in [-0.4, -0.2) is 18.0 Å². The van der Waals surface area contributed by atoms with Gasteiger partial charge in [0.1, 0.15) is 0 Å². The van der Waals surface area contributed by atoms with Gasteiger partial charge in [-0.3, -0.25) is 0 Å². The molecule has 0 saturated carbocycles. The smallest absolute Gasteiger partial charge is 0.00200 e. The fourth-order valence-electron chi connectivity index (χ4n) is 1.82. The lowest BCUT2D eigenvalue weighted by Crippen LogP contribution is -2.08. The third-order valence-corrected chi connectivity index (χ3v) is 2.63. The van der Waals surface area contributed by atoms with Crippen molar-refractivity contribution in [2.45, 2.75) is 45.4 Å². The van der Waals surface area contributed by atoms with E-state index >= 15 is 0 Å². The summed E-state index contributed by atoms with van der Waals surface area (Å²) in [6.45, 7) is 4.82. The van der Waals surface area contributed by atoms with Gasteiger partial charge in [-0.15, -0.1) is 0 Å². The molecule has 0 aromatic rings. The Hall–Kier alpha value is 0.690. The monoisotopic (exact) mass is 297 g/mol. The maximum Gasteiger partial charge on any atom is -0.00200 e. The number of rotatable bonds is 5. The van der Waals surface area contributed by atoms with Gasteiger partial charge in [0, 0.05) is 0 Å². The van der Waals surface area contributed by atoms with E-state index in [0.29, 0.717) is 0 Å². The standard InChI is InChI=1S/C10H21N.CH3I/c1-2-3-4-5-6-10-7-8-11-9-10;1-2/h10-11H,2-9H2,1H3;1H3. The Balaban J connectivity index is 0.000000671. The van der Waals surface area contributed by atoms with Gasteiger partial charge in [-0.05, 0) is 36.8 Å². The quantitative estimate of drug-likeness (QED) is 0.464. The number of unbranched alkanes of at least 4 members (excludes halogenated alkanes) is 3. The molecule has 1 atom stereocenters. The third-order valence-electron chi connectivity index (χ3n) is 2.63. The molecular weight excluding hydrogens is 273 g/mol. The summed E-state index contributed by atoms with van der Waals surface area (Å²) in [5.74, 6) is 1.01. The first-order valence-electron chi connectivity index (χ1n) is 5.52. The first-order chi connectivity index (χ1) is 6.43. The predicted octanol–water partition coefficient (Wildman–Crippen LogP) is 3.62. The molecule has 0 amide bonds. The van der Waals surface area contributed by atoms with Crippen molar-refractivity contribution in [2.24, 2.45) is 5.92 Å². The normalized spacial score (nSPS) is 21.0. The number of halogens is 1. The zero-order valence-electron chi connectivity index (χ0n) is 9.11. The molecule has 1 unspecified atom stereocenters. The topological polar surface area (TPSA) is 12.0 Å². The molecule has 13 heavy (non-hydrogen) atoms. The average molecular weight is 297 g/mol. The van der Waals surface area contributed by atoms with Crippen LogP contribution in [0.3, 0.4) is 0 Å². The van der Waals surface area contributed by atoms with Crippen LogP contribution >= 0.6 is 22.6 Å². The molecule has 1 N–H and O–H groups in total. The highest BCUT2D eigenvalue weighted by Crippen LogP contribution is 2.16. The van der Waals surface area contributed by atoms with Crippen molar-refractivity contribution in [3.8, 4) is 0 Å². The lowest BCUT2D eigenvalue weighted by molar-refractivity contribution is 0.489. The van der Waals surface area contributed by atoms with E-state index in [9.17, 15) is 0 Å². The zero-order chi connectivity index (χ0) is 9.94. The summed E-state index contributed by atoms with van der Waals surface area (Å²) >= 11 is 2.15. The molecule has 0 bridgehead atoms. The zero-order valence-corrected chi connectivity index (χ0v) is 11.3. The summed E-state index contributed by atoms with van der Waals surface area (Å²) in [7, 11) is 0. The summed E-state index contributed by atoms with van der Waals surface area (Å²) in [6.07, 6.45) is 8.59. The van der Waals surface area contributed by atoms with Crippen LogP contribution in [0.25, 0.3) is 0 Å². The van der Waals surface area contributed by atoms with Gasteiger partial charge >= 0.3 is 0 Å². The molecule has 0 spiro atoms. The van der Waals surface area contributed by atoms with E-state index < -0.39 is 0 Å². The van der Waals surface area contributed by atoms with Gasteiger partial charge in [-0.25, -0.2) is 0 Å². The Bertz CT molecular complexity index is 90.1. The van der Waals surface area contributed by atoms with Gasteiger partial charge in [-0.2, -0.15) is 0 Å². The highest BCUT2D eigenvalue weighted by Gasteiger charge is 2.12. The molecular formula is C11H24IN. The van der Waals surface area contributed by atoms with Crippen LogP contribution in [0.15, 0.2) is 0 Å². The molecule has 0 aromatic carbocycles. The lowest BCUT2D eigenvalue weighted by Gasteiger charge is -2.06. The Labute approximate surface area is 97.2 Å². The van der Waals surface area contributed by atoms with E-state index in [-0.39, 0.29) is 0 Å². The number of alkyl halides is 1. The van der Waals surface area contributed by atoms with E-state index in [2.05, 4.69) is 34.8 Å². The summed E-state index contributed by atoms with van der Waals surface area (Å²) in [4.78, 5) is 1.97. The van der Waals surface area contributed by atoms with E-state index in [1.165, 1.54) is 51.6 Å². The lowest BCUT2D eigenvalue weighted by atomic mass is 10.0. The third kappa shape index (κ3) is 7.74. The molecule has 1 fully saturated rings. The maximum absolute atomic E-state index is 3.41. The van der Waals surface area contributed by atoms with Crippen molar-refractivity contribution in [2.75, 3.05) is 18.0 Å². The van der Waals surface area contributed by atoms with Crippen LogP contribution in [0, 0.1) is 5.92 Å². The van der Waals surface area contributed by atoms with Crippen LogP contribution < -0.4 is 5.32 Å². The van der Waals surface area contributed by atoms with Crippen LogP contribution in [0.5, 0.6) is 0 Å². The second kappa shape index (κ2) is 10.8. The van der Waals surface area contributed by atoms with E-state index in [1.54, 1.807) is 0 Å². The minimum absolute atomic E-state index is 1.01. The summed E-state index contributed by atoms with van der Waals surface area (Å²) in [5, 5.41) is 3.41. The molecule has 1 saturated heterocycles. The summed E-state index contributed by atoms with van der Waals surface area (Å²) in [6, 6.07) is 0. The fourth-order valence-corrected chi connectivity index (χ4v) is 1.82. The summed E-state index contributed by atoms with van der Waals surface area (Å²) in [5.41, 5.74) is 0. The van der Waals surface area contributed by atoms with Crippen molar-refractivity contribution in [3.63, 3.8) is 0 Å². The molecule has 1 rings (SSSR count). The molecule has 0 radical (unpaired) electrons. The molecule has 2 heteroatoms. The Kier molecular flexibility index (Phi) is 11.3. The molecule has 1 nitrogen and oxygen atoms in total. The van der Waals surface area contributed by atoms with Gasteiger partial charge in [0.15, 0.2) is 0 Å². The number of nitrogens with one attached hydrogen (secondary N) is 1. The van der Waals surface area contributed by atoms with E-state index in [4.69, 9.17) is 0 Å². The second-order valence-electron chi connectivity index (χ2n) is 3.71. The van der Waals surface area contributed by atoms with E-state index in [0.717, 1.165) is 5.92 Å². The summed E-state index contributed by atoms with van der Waals surface area (Å²) < 4.78 is 0. The van der Waals surface area contributed by atoms with E-state index in [1.807, 2.05) is 4.93 Å². The minimum atomic E-state index is 1.01. The van der Waals surface area contributed by atoms with Crippen LogP contribution in [0.4, 0.5) is 0 Å². The highest BCUT2D eigenvalue weighted by atomic mass is 127. The second-order valence-corrected chi connectivity index (χ2v) is 3.71. The first-order valence-corrected chi connectivity index (χ1v) is 7.67. The van der Waals surface area contributed by atoms with Gasteiger partial charge in [0.25, 0.3) is 0 Å². The van der Waals surface area contributed by atoms with Crippen molar-refractivity contribution < 1.29 is 0 Å². The Morgan fingerprint density at radius 1 is 1.23 bits per heavy atom. The Morgan fingerprint density at radius 3 is 2.54 bits per heavy atom. The van der Waals surface area contributed by atoms with Crippen LogP contribution in [0.2, 0.25) is 0 Å². The Morgan fingerprint density at radius 2 is 2.00 bits per heavy atom. The van der Waals surface area contributed by atoms with Crippen LogP contribution in [0.1, 0.15) is 45.4 Å².